The molecule has 0 unspecified atom stereocenters. The molecule has 200 valence electrons. The fourth-order valence-electron chi connectivity index (χ4n) is 5.36. The van der Waals surface area contributed by atoms with Gasteiger partial charge in [0, 0.05) is 16.4 Å². The predicted molar refractivity (Wildman–Crippen MR) is 157 cm³/mol. The number of rotatable bonds is 5. The van der Waals surface area contributed by atoms with Crippen molar-refractivity contribution in [2.45, 2.75) is 47.6 Å². The van der Waals surface area contributed by atoms with Crippen LogP contribution in [0.25, 0.3) is 11.8 Å². The maximum absolute atomic E-state index is 14.0. The van der Waals surface area contributed by atoms with E-state index in [1.165, 1.54) is 22.5 Å². The lowest BCUT2D eigenvalue weighted by Crippen LogP contribution is -2.40. The number of carbonyl (C=O) groups excluding carboxylic acids is 1. The summed E-state index contributed by atoms with van der Waals surface area (Å²) in [4.78, 5) is 32.3. The van der Waals surface area contributed by atoms with Crippen LogP contribution in [-0.4, -0.2) is 21.7 Å². The van der Waals surface area contributed by atoms with Gasteiger partial charge in [-0.3, -0.25) is 9.36 Å². The van der Waals surface area contributed by atoms with Gasteiger partial charge in [-0.2, -0.15) is 0 Å². The number of fused-ring (bicyclic) bond motifs is 1. The number of halogens is 1. The Hall–Kier alpha value is -3.68. The molecule has 6 nitrogen and oxygen atoms in total. The van der Waals surface area contributed by atoms with E-state index < -0.39 is 12.0 Å². The number of nitrogens with zero attached hydrogens (tertiary/aromatic N) is 3. The lowest BCUT2D eigenvalue weighted by molar-refractivity contribution is -0.139. The van der Waals surface area contributed by atoms with Crippen LogP contribution < -0.4 is 14.9 Å². The molecule has 0 N–H and O–H groups in total. The van der Waals surface area contributed by atoms with Gasteiger partial charge in [0.1, 0.15) is 6.04 Å². The molecule has 0 amide bonds. The Kier molecular flexibility index (Phi) is 7.23. The Bertz CT molecular complexity index is 1820. The van der Waals surface area contributed by atoms with Crippen molar-refractivity contribution in [3.63, 3.8) is 0 Å². The zero-order valence-corrected chi connectivity index (χ0v) is 24.4. The summed E-state index contributed by atoms with van der Waals surface area (Å²) in [6, 6.07) is 14.9. The smallest absolute Gasteiger partial charge is 0.338 e. The molecule has 0 spiro atoms. The number of benzene rings is 2. The largest absolute Gasteiger partial charge is 0.463 e. The van der Waals surface area contributed by atoms with Crippen molar-refractivity contribution in [2.75, 3.05) is 6.61 Å². The number of aromatic nitrogens is 2. The van der Waals surface area contributed by atoms with Crippen LogP contribution >= 0.6 is 22.9 Å². The first kappa shape index (κ1) is 26.9. The monoisotopic (exact) mass is 559 g/mol. The average molecular weight is 560 g/mol. The number of carbonyl (C=O) groups is 1. The zero-order chi connectivity index (χ0) is 28.0. The number of thiazole rings is 1. The van der Waals surface area contributed by atoms with E-state index in [9.17, 15) is 9.59 Å². The van der Waals surface area contributed by atoms with Crippen molar-refractivity contribution in [1.29, 1.82) is 0 Å². The van der Waals surface area contributed by atoms with Crippen molar-refractivity contribution >= 4 is 35.0 Å². The summed E-state index contributed by atoms with van der Waals surface area (Å²) in [6.45, 7) is 12.1. The molecule has 39 heavy (non-hydrogen) atoms. The van der Waals surface area contributed by atoms with Gasteiger partial charge in [0.2, 0.25) is 0 Å². The normalized spacial score (nSPS) is 15.4. The Morgan fingerprint density at radius 3 is 2.44 bits per heavy atom. The summed E-state index contributed by atoms with van der Waals surface area (Å²) in [7, 11) is 0. The molecule has 8 heteroatoms. The summed E-state index contributed by atoms with van der Waals surface area (Å²) >= 11 is 7.91. The van der Waals surface area contributed by atoms with Gasteiger partial charge in [0.25, 0.3) is 5.56 Å². The molecule has 0 saturated carbocycles. The maximum Gasteiger partial charge on any atom is 0.338 e. The predicted octanol–water partition coefficient (Wildman–Crippen LogP) is 5.48. The minimum absolute atomic E-state index is 0.214. The van der Waals surface area contributed by atoms with E-state index >= 15 is 0 Å². The van der Waals surface area contributed by atoms with Gasteiger partial charge in [-0.25, -0.2) is 9.79 Å². The quantitative estimate of drug-likeness (QED) is 0.304. The lowest BCUT2D eigenvalue weighted by Gasteiger charge is -2.25. The highest BCUT2D eigenvalue weighted by Crippen LogP contribution is 2.34. The Morgan fingerprint density at radius 1 is 1.08 bits per heavy atom. The molecule has 5 rings (SSSR count). The number of esters is 1. The first-order valence-corrected chi connectivity index (χ1v) is 14.0. The summed E-state index contributed by atoms with van der Waals surface area (Å²) in [6.07, 6.45) is 1.92. The minimum atomic E-state index is -0.738. The standard InChI is InChI=1S/C31H30ClN3O3S/c1-7-38-30(37)26-20(5)33-31-35(28(26)23-13-8-9-14-24(23)32)29(36)25(39-31)16-22-15-19(4)34(21(22)6)27-17(2)11-10-12-18(27)3/h8-16,28H,7H2,1-6H3/b25-16+/t28-/m1/s1. The highest BCUT2D eigenvalue weighted by Gasteiger charge is 2.34. The average Bonchev–Trinajstić information content (AvgIpc) is 3.33. The second kappa shape index (κ2) is 10.5. The fraction of sp³-hybridized carbons (Fsp3) is 0.258. The Balaban J connectivity index is 1.73. The molecule has 4 aromatic rings. The van der Waals surface area contributed by atoms with Crippen molar-refractivity contribution < 1.29 is 9.53 Å². The first-order valence-electron chi connectivity index (χ1n) is 12.8. The van der Waals surface area contributed by atoms with Crippen LogP contribution in [0.1, 0.15) is 53.5 Å². The fourth-order valence-corrected chi connectivity index (χ4v) is 6.64. The maximum atomic E-state index is 14.0. The van der Waals surface area contributed by atoms with Crippen molar-refractivity contribution in [3.05, 3.63) is 118 Å². The molecular weight excluding hydrogens is 530 g/mol. The summed E-state index contributed by atoms with van der Waals surface area (Å²) in [5.41, 5.74) is 7.86. The van der Waals surface area contributed by atoms with E-state index in [1.807, 2.05) is 24.3 Å². The molecule has 1 aliphatic heterocycles. The van der Waals surface area contributed by atoms with Crippen LogP contribution in [0.4, 0.5) is 0 Å². The SMILES string of the molecule is CCOC(=O)C1=C(C)N=c2s/c(=C/c3cc(C)n(-c4c(C)cccc4C)c3C)c(=O)n2[C@@H]1c1ccccc1Cl. The second-order valence-electron chi connectivity index (χ2n) is 9.73. The number of para-hydroxylation sites is 1. The van der Waals surface area contributed by atoms with Crippen molar-refractivity contribution in [2.24, 2.45) is 4.99 Å². The molecular formula is C31H30ClN3O3S. The zero-order valence-electron chi connectivity index (χ0n) is 22.8. The van der Waals surface area contributed by atoms with Gasteiger partial charge >= 0.3 is 5.97 Å². The molecule has 2 aromatic carbocycles. The van der Waals surface area contributed by atoms with Gasteiger partial charge in [-0.15, -0.1) is 0 Å². The molecule has 1 atom stereocenters. The van der Waals surface area contributed by atoms with Crippen LogP contribution in [0.3, 0.4) is 0 Å². The Morgan fingerprint density at radius 2 is 1.77 bits per heavy atom. The molecule has 3 heterocycles. The number of hydrogen-bond donors (Lipinski definition) is 0. The van der Waals surface area contributed by atoms with Crippen LogP contribution in [0, 0.1) is 27.7 Å². The molecule has 0 aliphatic carbocycles. The van der Waals surface area contributed by atoms with Gasteiger partial charge in [0.15, 0.2) is 4.80 Å². The Labute approximate surface area is 236 Å². The highest BCUT2D eigenvalue weighted by atomic mass is 35.5. The lowest BCUT2D eigenvalue weighted by atomic mass is 9.96. The number of hydrogen-bond acceptors (Lipinski definition) is 5. The second-order valence-corrected chi connectivity index (χ2v) is 11.1. The van der Waals surface area contributed by atoms with E-state index in [0.29, 0.717) is 31.2 Å². The van der Waals surface area contributed by atoms with Gasteiger partial charge in [-0.05, 0) is 82.0 Å². The molecule has 1 aliphatic rings. The van der Waals surface area contributed by atoms with Crippen molar-refractivity contribution in [1.82, 2.24) is 9.13 Å². The molecule has 0 radical (unpaired) electrons. The molecule has 2 aromatic heterocycles. The van der Waals surface area contributed by atoms with Crippen LogP contribution in [0.15, 0.2) is 69.6 Å². The highest BCUT2D eigenvalue weighted by molar-refractivity contribution is 7.07. The molecule has 0 saturated heterocycles. The van der Waals surface area contributed by atoms with Gasteiger partial charge in [-0.1, -0.05) is 59.3 Å². The number of aryl methyl sites for hydroxylation is 3. The third kappa shape index (κ3) is 4.60. The van der Waals surface area contributed by atoms with Crippen LogP contribution in [0.5, 0.6) is 0 Å². The first-order chi connectivity index (χ1) is 18.6. The van der Waals surface area contributed by atoms with E-state index in [0.717, 1.165) is 22.6 Å². The van der Waals surface area contributed by atoms with Crippen LogP contribution in [0.2, 0.25) is 5.02 Å². The summed E-state index contributed by atoms with van der Waals surface area (Å²) in [5, 5.41) is 0.464. The van der Waals surface area contributed by atoms with E-state index in [2.05, 4.69) is 61.5 Å². The van der Waals surface area contributed by atoms with Gasteiger partial charge < -0.3 is 9.30 Å². The van der Waals surface area contributed by atoms with Gasteiger partial charge in [0.05, 0.1) is 28.1 Å². The molecule has 0 bridgehead atoms. The number of ether oxygens (including phenoxy) is 1. The topological polar surface area (TPSA) is 65.6 Å². The third-order valence-corrected chi connectivity index (χ3v) is 8.46. The third-order valence-electron chi connectivity index (χ3n) is 7.14. The van der Waals surface area contributed by atoms with Crippen LogP contribution in [-0.2, 0) is 9.53 Å². The minimum Gasteiger partial charge on any atom is -0.463 e. The van der Waals surface area contributed by atoms with E-state index in [4.69, 9.17) is 16.3 Å². The van der Waals surface area contributed by atoms with Crippen molar-refractivity contribution in [3.8, 4) is 5.69 Å². The summed E-state index contributed by atoms with van der Waals surface area (Å²) in [5.74, 6) is -0.505. The molecule has 0 fully saturated rings. The summed E-state index contributed by atoms with van der Waals surface area (Å²) < 4.78 is 9.71. The number of allylic oxidation sites excluding steroid dienone is 1. The van der Waals surface area contributed by atoms with E-state index in [1.54, 1.807) is 24.5 Å². The van der Waals surface area contributed by atoms with E-state index in [-0.39, 0.29) is 12.2 Å².